The van der Waals surface area contributed by atoms with E-state index in [1.807, 2.05) is 56.3 Å². The van der Waals surface area contributed by atoms with E-state index in [2.05, 4.69) is 21.2 Å². The van der Waals surface area contributed by atoms with Gasteiger partial charge in [0, 0.05) is 12.2 Å². The van der Waals surface area contributed by atoms with Crippen LogP contribution in [0.2, 0.25) is 0 Å². The van der Waals surface area contributed by atoms with E-state index in [1.165, 1.54) is 5.56 Å². The van der Waals surface area contributed by atoms with E-state index in [-0.39, 0.29) is 6.61 Å². The summed E-state index contributed by atoms with van der Waals surface area (Å²) in [7, 11) is 0. The number of anilines is 1. The highest BCUT2D eigenvalue weighted by Crippen LogP contribution is 2.25. The second-order valence-electron chi connectivity index (χ2n) is 5.15. The minimum Gasteiger partial charge on any atom is -0.490 e. The number of aliphatic hydroxyl groups is 1. The average Bonchev–Trinajstić information content (AvgIpc) is 2.46. The largest absolute Gasteiger partial charge is 0.490 e. The second-order valence-corrected chi connectivity index (χ2v) is 6.00. The van der Waals surface area contributed by atoms with Gasteiger partial charge in [0.05, 0.1) is 4.47 Å². The van der Waals surface area contributed by atoms with Crippen LogP contribution in [-0.4, -0.2) is 24.4 Å². The zero-order valence-corrected chi connectivity index (χ0v) is 13.9. The maximum atomic E-state index is 9.97. The van der Waals surface area contributed by atoms with Crippen LogP contribution in [0, 0.1) is 13.8 Å². The lowest BCUT2D eigenvalue weighted by Crippen LogP contribution is -2.26. The smallest absolute Gasteiger partial charge is 0.133 e. The molecule has 0 aliphatic heterocycles. The van der Waals surface area contributed by atoms with Gasteiger partial charge in [-0.15, -0.1) is 0 Å². The molecule has 112 valence electrons. The van der Waals surface area contributed by atoms with Gasteiger partial charge in [-0.25, -0.2) is 0 Å². The van der Waals surface area contributed by atoms with Gasteiger partial charge in [-0.05, 0) is 59.6 Å². The number of ether oxygens (including phenoxy) is 1. The molecule has 0 saturated carbocycles. The van der Waals surface area contributed by atoms with Gasteiger partial charge < -0.3 is 15.2 Å². The van der Waals surface area contributed by atoms with E-state index in [0.29, 0.717) is 6.54 Å². The Bertz CT molecular complexity index is 584. The van der Waals surface area contributed by atoms with Crippen molar-refractivity contribution in [1.82, 2.24) is 0 Å². The second kappa shape index (κ2) is 7.48. The highest BCUT2D eigenvalue weighted by molar-refractivity contribution is 9.10. The minimum atomic E-state index is -0.570. The SMILES string of the molecule is Cc1ccc(NCC(O)COc2ccc(C)cc2Br)cc1. The summed E-state index contributed by atoms with van der Waals surface area (Å²) in [5, 5.41) is 13.2. The predicted molar refractivity (Wildman–Crippen MR) is 90.0 cm³/mol. The molecule has 1 atom stereocenters. The van der Waals surface area contributed by atoms with Crippen LogP contribution in [0.25, 0.3) is 0 Å². The maximum Gasteiger partial charge on any atom is 0.133 e. The number of aliphatic hydroxyl groups excluding tert-OH is 1. The van der Waals surface area contributed by atoms with Gasteiger partial charge in [-0.1, -0.05) is 23.8 Å². The monoisotopic (exact) mass is 349 g/mol. The van der Waals surface area contributed by atoms with Crippen molar-refractivity contribution < 1.29 is 9.84 Å². The average molecular weight is 350 g/mol. The summed E-state index contributed by atoms with van der Waals surface area (Å²) in [4.78, 5) is 0. The quantitative estimate of drug-likeness (QED) is 0.830. The van der Waals surface area contributed by atoms with Crippen molar-refractivity contribution in [3.8, 4) is 5.75 Å². The van der Waals surface area contributed by atoms with Crippen molar-refractivity contribution in [2.24, 2.45) is 0 Å². The Morgan fingerprint density at radius 2 is 1.76 bits per heavy atom. The van der Waals surface area contributed by atoms with E-state index >= 15 is 0 Å². The van der Waals surface area contributed by atoms with E-state index in [0.717, 1.165) is 21.5 Å². The van der Waals surface area contributed by atoms with Crippen molar-refractivity contribution in [1.29, 1.82) is 0 Å². The summed E-state index contributed by atoms with van der Waals surface area (Å²) in [6, 6.07) is 13.9. The zero-order chi connectivity index (χ0) is 15.2. The van der Waals surface area contributed by atoms with Crippen molar-refractivity contribution in [3.63, 3.8) is 0 Å². The Hall–Kier alpha value is -1.52. The van der Waals surface area contributed by atoms with Crippen molar-refractivity contribution in [3.05, 3.63) is 58.1 Å². The molecule has 0 aliphatic carbocycles. The number of hydrogen-bond donors (Lipinski definition) is 2. The molecule has 4 heteroatoms. The molecule has 0 radical (unpaired) electrons. The Morgan fingerprint density at radius 1 is 1.10 bits per heavy atom. The molecule has 2 rings (SSSR count). The first-order chi connectivity index (χ1) is 10.0. The van der Waals surface area contributed by atoms with Gasteiger partial charge in [0.25, 0.3) is 0 Å². The summed E-state index contributed by atoms with van der Waals surface area (Å²) in [6.07, 6.45) is -0.570. The Labute approximate surface area is 134 Å². The van der Waals surface area contributed by atoms with Crippen LogP contribution in [-0.2, 0) is 0 Å². The first-order valence-corrected chi connectivity index (χ1v) is 7.71. The molecule has 0 aliphatic rings. The molecule has 1 unspecified atom stereocenters. The number of hydrogen-bond acceptors (Lipinski definition) is 3. The normalized spacial score (nSPS) is 12.0. The van der Waals surface area contributed by atoms with Crippen LogP contribution in [0.5, 0.6) is 5.75 Å². The number of benzene rings is 2. The van der Waals surface area contributed by atoms with Crippen LogP contribution in [0.4, 0.5) is 5.69 Å². The topological polar surface area (TPSA) is 41.5 Å². The molecule has 2 aromatic rings. The molecule has 21 heavy (non-hydrogen) atoms. The van der Waals surface area contributed by atoms with Crippen molar-refractivity contribution in [2.45, 2.75) is 20.0 Å². The number of rotatable bonds is 6. The first kappa shape index (κ1) is 15.9. The van der Waals surface area contributed by atoms with Crippen LogP contribution < -0.4 is 10.1 Å². The summed E-state index contributed by atoms with van der Waals surface area (Å²) < 4.78 is 6.53. The lowest BCUT2D eigenvalue weighted by atomic mass is 10.2. The summed E-state index contributed by atoms with van der Waals surface area (Å²) >= 11 is 3.46. The van der Waals surface area contributed by atoms with E-state index < -0.39 is 6.10 Å². The maximum absolute atomic E-state index is 9.97. The molecule has 0 aromatic heterocycles. The van der Waals surface area contributed by atoms with E-state index in [1.54, 1.807) is 0 Å². The highest BCUT2D eigenvalue weighted by Gasteiger charge is 2.07. The molecule has 0 fully saturated rings. The zero-order valence-electron chi connectivity index (χ0n) is 12.3. The number of halogens is 1. The van der Waals surface area contributed by atoms with E-state index in [4.69, 9.17) is 4.74 Å². The molecular formula is C17H20BrNO2. The van der Waals surface area contributed by atoms with Gasteiger partial charge >= 0.3 is 0 Å². The third-order valence-electron chi connectivity index (χ3n) is 3.11. The highest BCUT2D eigenvalue weighted by atomic mass is 79.9. The van der Waals surface area contributed by atoms with Crippen LogP contribution >= 0.6 is 15.9 Å². The fraction of sp³-hybridized carbons (Fsp3) is 0.294. The summed E-state index contributed by atoms with van der Waals surface area (Å²) in [5.74, 6) is 0.745. The lowest BCUT2D eigenvalue weighted by Gasteiger charge is -2.15. The van der Waals surface area contributed by atoms with Crippen molar-refractivity contribution in [2.75, 3.05) is 18.5 Å². The summed E-state index contributed by atoms with van der Waals surface area (Å²) in [5.41, 5.74) is 3.38. The molecule has 0 saturated heterocycles. The standard InChI is InChI=1S/C17H20BrNO2/c1-12-3-6-14(7-4-12)19-10-15(20)11-21-17-8-5-13(2)9-16(17)18/h3-9,15,19-20H,10-11H2,1-2H3. The summed E-state index contributed by atoms with van der Waals surface area (Å²) in [6.45, 7) is 4.77. The lowest BCUT2D eigenvalue weighted by molar-refractivity contribution is 0.117. The third-order valence-corrected chi connectivity index (χ3v) is 3.73. The third kappa shape index (κ3) is 5.06. The van der Waals surface area contributed by atoms with Gasteiger partial charge in [0.2, 0.25) is 0 Å². The van der Waals surface area contributed by atoms with Crippen LogP contribution in [0.15, 0.2) is 46.9 Å². The first-order valence-electron chi connectivity index (χ1n) is 6.92. The Kier molecular flexibility index (Phi) is 5.65. The fourth-order valence-corrected chi connectivity index (χ4v) is 2.48. The Balaban J connectivity index is 1.79. The Morgan fingerprint density at radius 3 is 2.43 bits per heavy atom. The number of nitrogens with one attached hydrogen (secondary N) is 1. The van der Waals surface area contributed by atoms with Crippen LogP contribution in [0.3, 0.4) is 0 Å². The fourth-order valence-electron chi connectivity index (χ4n) is 1.87. The molecule has 0 bridgehead atoms. The molecular weight excluding hydrogens is 330 g/mol. The molecule has 0 spiro atoms. The van der Waals surface area contributed by atoms with E-state index in [9.17, 15) is 5.11 Å². The van der Waals surface area contributed by atoms with Gasteiger partial charge in [-0.2, -0.15) is 0 Å². The number of aryl methyl sites for hydroxylation is 2. The predicted octanol–water partition coefficient (Wildman–Crippen LogP) is 3.92. The van der Waals surface area contributed by atoms with Gasteiger partial charge in [-0.3, -0.25) is 0 Å². The molecule has 3 nitrogen and oxygen atoms in total. The van der Waals surface area contributed by atoms with Crippen molar-refractivity contribution >= 4 is 21.6 Å². The molecule has 2 aromatic carbocycles. The van der Waals surface area contributed by atoms with Gasteiger partial charge in [0.1, 0.15) is 18.5 Å². The van der Waals surface area contributed by atoms with Gasteiger partial charge in [0.15, 0.2) is 0 Å². The molecule has 0 heterocycles. The molecule has 0 amide bonds. The molecule has 2 N–H and O–H groups in total. The minimum absolute atomic E-state index is 0.251. The van der Waals surface area contributed by atoms with Crippen LogP contribution in [0.1, 0.15) is 11.1 Å².